The Balaban J connectivity index is 1.87. The molecule has 1 fully saturated rings. The van der Waals surface area contributed by atoms with Crippen LogP contribution in [0.3, 0.4) is 0 Å². The smallest absolute Gasteiger partial charge is 0.270 e. The molecule has 2 aromatic rings. The number of hydrogen-bond acceptors (Lipinski definition) is 5. The molecule has 0 saturated heterocycles. The highest BCUT2D eigenvalue weighted by Crippen LogP contribution is 2.37. The van der Waals surface area contributed by atoms with Crippen molar-refractivity contribution in [3.05, 3.63) is 41.8 Å². The maximum absolute atomic E-state index is 12.3. The summed E-state index contributed by atoms with van der Waals surface area (Å²) >= 11 is 0. The fourth-order valence-corrected chi connectivity index (χ4v) is 2.66. The Labute approximate surface area is 116 Å². The molecule has 0 aliphatic heterocycles. The van der Waals surface area contributed by atoms with Gasteiger partial charge in [0.2, 0.25) is 5.89 Å². The van der Waals surface area contributed by atoms with E-state index in [4.69, 9.17) is 4.52 Å². The van der Waals surface area contributed by atoms with E-state index in [-0.39, 0.29) is 5.91 Å². The molecule has 1 amide bonds. The van der Waals surface area contributed by atoms with E-state index in [1.807, 2.05) is 0 Å². The van der Waals surface area contributed by atoms with Gasteiger partial charge in [0.15, 0.2) is 5.82 Å². The summed E-state index contributed by atoms with van der Waals surface area (Å²) in [6.45, 7) is 1.75. The molecule has 1 N–H and O–H groups in total. The van der Waals surface area contributed by atoms with E-state index in [0.29, 0.717) is 17.4 Å². The van der Waals surface area contributed by atoms with Crippen LogP contribution in [0, 0.1) is 6.92 Å². The highest BCUT2D eigenvalue weighted by molar-refractivity contribution is 5.92. The van der Waals surface area contributed by atoms with Gasteiger partial charge in [0.1, 0.15) is 11.2 Å². The van der Waals surface area contributed by atoms with Crippen LogP contribution in [0.2, 0.25) is 0 Å². The lowest BCUT2D eigenvalue weighted by Gasteiger charge is -2.26. The van der Waals surface area contributed by atoms with Crippen LogP contribution >= 0.6 is 0 Å². The number of amides is 1. The predicted molar refractivity (Wildman–Crippen MR) is 70.9 cm³/mol. The van der Waals surface area contributed by atoms with E-state index >= 15 is 0 Å². The Morgan fingerprint density at radius 3 is 2.75 bits per heavy atom. The van der Waals surface area contributed by atoms with Gasteiger partial charge in [0.05, 0.1) is 0 Å². The Morgan fingerprint density at radius 2 is 2.15 bits per heavy atom. The largest absolute Gasteiger partial charge is 0.340 e. The minimum atomic E-state index is -0.521. The van der Waals surface area contributed by atoms with E-state index in [1.54, 1.807) is 31.3 Å². The van der Waals surface area contributed by atoms with Crippen LogP contribution in [-0.2, 0) is 5.54 Å². The standard InChI is InChI=1S/C14H16N4O2/c1-10-16-13(18-20-10)14(7-3-4-8-14)17-12(19)11-6-2-5-9-15-11/h2,5-6,9H,3-4,7-8H2,1H3,(H,17,19). The Morgan fingerprint density at radius 1 is 1.35 bits per heavy atom. The first-order chi connectivity index (χ1) is 9.70. The van der Waals surface area contributed by atoms with Crippen molar-refractivity contribution in [2.45, 2.75) is 38.1 Å². The van der Waals surface area contributed by atoms with Crippen molar-refractivity contribution in [3.63, 3.8) is 0 Å². The summed E-state index contributed by atoms with van der Waals surface area (Å²) in [7, 11) is 0. The summed E-state index contributed by atoms with van der Waals surface area (Å²) in [6.07, 6.45) is 5.33. The number of rotatable bonds is 3. The third kappa shape index (κ3) is 2.29. The van der Waals surface area contributed by atoms with Crippen LogP contribution < -0.4 is 5.32 Å². The van der Waals surface area contributed by atoms with Gasteiger partial charge in [-0.1, -0.05) is 24.1 Å². The second-order valence-electron chi connectivity index (χ2n) is 5.10. The van der Waals surface area contributed by atoms with Gasteiger partial charge >= 0.3 is 0 Å². The van der Waals surface area contributed by atoms with Crippen LogP contribution in [0.15, 0.2) is 28.9 Å². The van der Waals surface area contributed by atoms with Crippen LogP contribution in [0.5, 0.6) is 0 Å². The molecule has 1 saturated carbocycles. The number of carbonyl (C=O) groups excluding carboxylic acids is 1. The molecule has 3 rings (SSSR count). The summed E-state index contributed by atoms with van der Waals surface area (Å²) < 4.78 is 5.06. The van der Waals surface area contributed by atoms with Gasteiger partial charge in [-0.3, -0.25) is 9.78 Å². The molecule has 6 nitrogen and oxygen atoms in total. The van der Waals surface area contributed by atoms with Crippen molar-refractivity contribution in [2.24, 2.45) is 0 Å². The zero-order valence-electron chi connectivity index (χ0n) is 11.3. The molecule has 0 spiro atoms. The molecule has 1 aliphatic rings. The molecule has 1 aliphatic carbocycles. The first kappa shape index (κ1) is 12.8. The molecule has 2 aromatic heterocycles. The van der Waals surface area contributed by atoms with E-state index in [2.05, 4.69) is 20.4 Å². The molecule has 0 bridgehead atoms. The summed E-state index contributed by atoms with van der Waals surface area (Å²) in [5.41, 5.74) is -0.120. The minimum Gasteiger partial charge on any atom is -0.340 e. The molecule has 6 heteroatoms. The third-order valence-electron chi connectivity index (χ3n) is 3.66. The zero-order chi connectivity index (χ0) is 14.0. The van der Waals surface area contributed by atoms with E-state index in [0.717, 1.165) is 25.7 Å². The quantitative estimate of drug-likeness (QED) is 0.923. The first-order valence-corrected chi connectivity index (χ1v) is 6.74. The lowest BCUT2D eigenvalue weighted by molar-refractivity contribution is 0.0886. The fourth-order valence-electron chi connectivity index (χ4n) is 2.66. The van der Waals surface area contributed by atoms with Gasteiger partial charge in [-0.2, -0.15) is 4.98 Å². The number of hydrogen-bond donors (Lipinski definition) is 1. The van der Waals surface area contributed by atoms with Gasteiger partial charge in [-0.05, 0) is 25.0 Å². The monoisotopic (exact) mass is 272 g/mol. The van der Waals surface area contributed by atoms with E-state index < -0.39 is 5.54 Å². The van der Waals surface area contributed by atoms with Gasteiger partial charge in [0.25, 0.3) is 5.91 Å². The van der Waals surface area contributed by atoms with E-state index in [1.165, 1.54) is 0 Å². The first-order valence-electron chi connectivity index (χ1n) is 6.74. The van der Waals surface area contributed by atoms with Crippen molar-refractivity contribution in [2.75, 3.05) is 0 Å². The van der Waals surface area contributed by atoms with Crippen LogP contribution in [0.1, 0.15) is 47.9 Å². The normalized spacial score (nSPS) is 17.1. The molecule has 20 heavy (non-hydrogen) atoms. The molecule has 0 radical (unpaired) electrons. The number of carbonyl (C=O) groups is 1. The van der Waals surface area contributed by atoms with Crippen molar-refractivity contribution in [3.8, 4) is 0 Å². The van der Waals surface area contributed by atoms with Gasteiger partial charge < -0.3 is 9.84 Å². The Bertz CT molecular complexity index is 603. The zero-order valence-corrected chi connectivity index (χ0v) is 11.3. The molecular weight excluding hydrogens is 256 g/mol. The van der Waals surface area contributed by atoms with Crippen molar-refractivity contribution in [1.29, 1.82) is 0 Å². The molecule has 2 heterocycles. The number of nitrogens with one attached hydrogen (secondary N) is 1. The van der Waals surface area contributed by atoms with Crippen molar-refractivity contribution < 1.29 is 9.32 Å². The van der Waals surface area contributed by atoms with Crippen molar-refractivity contribution >= 4 is 5.91 Å². The van der Waals surface area contributed by atoms with Gasteiger partial charge in [-0.25, -0.2) is 0 Å². The number of aromatic nitrogens is 3. The van der Waals surface area contributed by atoms with Gasteiger partial charge in [-0.15, -0.1) is 0 Å². The summed E-state index contributed by atoms with van der Waals surface area (Å²) in [5, 5.41) is 7.05. The number of aryl methyl sites for hydroxylation is 1. The lowest BCUT2D eigenvalue weighted by Crippen LogP contribution is -2.45. The SMILES string of the molecule is Cc1nc(C2(NC(=O)c3ccccn3)CCCC2)no1. The van der Waals surface area contributed by atoms with E-state index in [9.17, 15) is 4.79 Å². The van der Waals surface area contributed by atoms with Crippen LogP contribution in [-0.4, -0.2) is 21.0 Å². The topological polar surface area (TPSA) is 80.9 Å². The molecule has 104 valence electrons. The second-order valence-corrected chi connectivity index (χ2v) is 5.10. The third-order valence-corrected chi connectivity index (χ3v) is 3.66. The molecular formula is C14H16N4O2. The maximum atomic E-state index is 12.3. The van der Waals surface area contributed by atoms with Crippen LogP contribution in [0.25, 0.3) is 0 Å². The van der Waals surface area contributed by atoms with Crippen molar-refractivity contribution in [1.82, 2.24) is 20.4 Å². The summed E-state index contributed by atoms with van der Waals surface area (Å²) in [6, 6.07) is 5.27. The number of pyridine rings is 1. The fraction of sp³-hybridized carbons (Fsp3) is 0.429. The molecule has 0 atom stereocenters. The summed E-state index contributed by atoms with van der Waals surface area (Å²) in [5.74, 6) is 0.880. The van der Waals surface area contributed by atoms with Crippen LogP contribution in [0.4, 0.5) is 0 Å². The Hall–Kier alpha value is -2.24. The number of nitrogens with zero attached hydrogens (tertiary/aromatic N) is 3. The highest BCUT2D eigenvalue weighted by Gasteiger charge is 2.41. The average molecular weight is 272 g/mol. The Kier molecular flexibility index (Phi) is 3.22. The molecule has 0 aromatic carbocycles. The molecule has 0 unspecified atom stereocenters. The minimum absolute atomic E-state index is 0.199. The average Bonchev–Trinajstić information content (AvgIpc) is 3.10. The highest BCUT2D eigenvalue weighted by atomic mass is 16.5. The lowest BCUT2D eigenvalue weighted by atomic mass is 9.96. The maximum Gasteiger partial charge on any atom is 0.270 e. The van der Waals surface area contributed by atoms with Gasteiger partial charge in [0, 0.05) is 13.1 Å². The summed E-state index contributed by atoms with van der Waals surface area (Å²) in [4.78, 5) is 20.7. The second kappa shape index (κ2) is 5.03. The predicted octanol–water partition coefficient (Wildman–Crippen LogP) is 1.97.